The summed E-state index contributed by atoms with van der Waals surface area (Å²) in [7, 11) is 1.32. The molecule has 1 spiro atoms. The van der Waals surface area contributed by atoms with Crippen LogP contribution in [0.3, 0.4) is 0 Å². The number of benzene rings is 2. The number of carbonyl (C=O) groups is 3. The van der Waals surface area contributed by atoms with Gasteiger partial charge in [-0.1, -0.05) is 36.4 Å². The number of ether oxygens (including phenoxy) is 1. The fourth-order valence-corrected chi connectivity index (χ4v) is 3.94. The Labute approximate surface area is 157 Å². The third kappa shape index (κ3) is 2.97. The predicted octanol–water partition coefficient (Wildman–Crippen LogP) is 2.45. The molecule has 1 heterocycles. The summed E-state index contributed by atoms with van der Waals surface area (Å²) in [6.45, 7) is 0.124. The summed E-state index contributed by atoms with van der Waals surface area (Å²) in [5, 5.41) is 2.92. The minimum Gasteiger partial charge on any atom is -0.465 e. The van der Waals surface area contributed by atoms with Crippen molar-refractivity contribution in [3.63, 3.8) is 0 Å². The van der Waals surface area contributed by atoms with Crippen molar-refractivity contribution >= 4 is 17.9 Å². The predicted molar refractivity (Wildman–Crippen MR) is 98.1 cm³/mol. The van der Waals surface area contributed by atoms with Crippen LogP contribution in [0.2, 0.25) is 0 Å². The van der Waals surface area contributed by atoms with Crippen molar-refractivity contribution in [1.82, 2.24) is 10.2 Å². The maximum atomic E-state index is 13.1. The number of nitrogens with zero attached hydrogens (tertiary/aromatic N) is 1. The lowest BCUT2D eigenvalue weighted by atomic mass is 9.78. The summed E-state index contributed by atoms with van der Waals surface area (Å²) in [5.74, 6) is -0.653. The molecule has 6 nitrogen and oxygen atoms in total. The van der Waals surface area contributed by atoms with Gasteiger partial charge < -0.3 is 10.1 Å². The first-order chi connectivity index (χ1) is 13.0. The molecule has 4 rings (SSSR count). The average molecular weight is 364 g/mol. The summed E-state index contributed by atoms with van der Waals surface area (Å²) in [6, 6.07) is 14.4. The number of esters is 1. The quantitative estimate of drug-likeness (QED) is 0.671. The SMILES string of the molecule is COC(=O)c1cccc(CN2C(=O)NC3(CCc4ccccc4C3)C2=O)c1. The Kier molecular flexibility index (Phi) is 4.18. The third-order valence-electron chi connectivity index (χ3n) is 5.37. The highest BCUT2D eigenvalue weighted by atomic mass is 16.5. The summed E-state index contributed by atoms with van der Waals surface area (Å²) < 4.78 is 4.73. The Bertz CT molecular complexity index is 939. The van der Waals surface area contributed by atoms with Gasteiger partial charge in [-0.2, -0.15) is 0 Å². The molecule has 1 aliphatic heterocycles. The van der Waals surface area contributed by atoms with E-state index in [1.54, 1.807) is 24.3 Å². The molecule has 27 heavy (non-hydrogen) atoms. The lowest BCUT2D eigenvalue weighted by Crippen LogP contribution is -2.51. The van der Waals surface area contributed by atoms with Gasteiger partial charge in [-0.3, -0.25) is 9.69 Å². The number of amides is 3. The monoisotopic (exact) mass is 364 g/mol. The molecule has 1 N–H and O–H groups in total. The van der Waals surface area contributed by atoms with E-state index in [1.807, 2.05) is 18.2 Å². The summed E-state index contributed by atoms with van der Waals surface area (Å²) >= 11 is 0. The Hall–Kier alpha value is -3.15. The molecule has 1 atom stereocenters. The highest BCUT2D eigenvalue weighted by Gasteiger charge is 2.52. The van der Waals surface area contributed by atoms with E-state index < -0.39 is 11.5 Å². The maximum Gasteiger partial charge on any atom is 0.337 e. The van der Waals surface area contributed by atoms with E-state index in [1.165, 1.54) is 17.6 Å². The lowest BCUT2D eigenvalue weighted by molar-refractivity contribution is -0.132. The Morgan fingerprint density at radius 2 is 1.93 bits per heavy atom. The Morgan fingerprint density at radius 3 is 2.70 bits per heavy atom. The number of imide groups is 1. The Morgan fingerprint density at radius 1 is 1.15 bits per heavy atom. The van der Waals surface area contributed by atoms with Crippen LogP contribution in [0.1, 0.15) is 33.5 Å². The van der Waals surface area contributed by atoms with E-state index in [4.69, 9.17) is 4.74 Å². The van der Waals surface area contributed by atoms with Crippen molar-refractivity contribution in [3.8, 4) is 0 Å². The van der Waals surface area contributed by atoms with Crippen LogP contribution in [0.25, 0.3) is 0 Å². The van der Waals surface area contributed by atoms with Crippen LogP contribution < -0.4 is 5.32 Å². The first-order valence-electron chi connectivity index (χ1n) is 8.90. The van der Waals surface area contributed by atoms with Crippen LogP contribution in [0.4, 0.5) is 4.79 Å². The highest BCUT2D eigenvalue weighted by molar-refractivity contribution is 6.07. The second-order valence-corrected chi connectivity index (χ2v) is 7.04. The van der Waals surface area contributed by atoms with Gasteiger partial charge in [0.05, 0.1) is 19.2 Å². The van der Waals surface area contributed by atoms with Crippen molar-refractivity contribution in [2.75, 3.05) is 7.11 Å². The van der Waals surface area contributed by atoms with Crippen molar-refractivity contribution in [2.45, 2.75) is 31.3 Å². The number of nitrogens with one attached hydrogen (secondary N) is 1. The number of hydrogen-bond acceptors (Lipinski definition) is 4. The molecule has 0 bridgehead atoms. The van der Waals surface area contributed by atoms with E-state index in [-0.39, 0.29) is 18.5 Å². The van der Waals surface area contributed by atoms with E-state index in [0.29, 0.717) is 24.0 Å². The standard InChI is InChI=1S/C21H20N2O4/c1-27-18(24)16-8-4-5-14(11-16)13-23-19(25)21(22-20(23)26)10-9-15-6-2-3-7-17(15)12-21/h2-8,11H,9-10,12-13H2,1H3,(H,22,26). The van der Waals surface area contributed by atoms with Gasteiger partial charge in [0.15, 0.2) is 0 Å². The molecule has 0 radical (unpaired) electrons. The largest absolute Gasteiger partial charge is 0.465 e. The second kappa shape index (κ2) is 6.54. The number of rotatable bonds is 3. The van der Waals surface area contributed by atoms with E-state index in [2.05, 4.69) is 11.4 Å². The van der Waals surface area contributed by atoms with Gasteiger partial charge in [0.1, 0.15) is 5.54 Å². The van der Waals surface area contributed by atoms with Crippen LogP contribution in [0, 0.1) is 0 Å². The molecular formula is C21H20N2O4. The fourth-order valence-electron chi connectivity index (χ4n) is 3.94. The number of aryl methyl sites for hydroxylation is 1. The summed E-state index contributed by atoms with van der Waals surface area (Å²) in [5.41, 5.74) is 2.56. The van der Waals surface area contributed by atoms with Gasteiger partial charge >= 0.3 is 12.0 Å². The molecule has 138 valence electrons. The first-order valence-corrected chi connectivity index (χ1v) is 8.90. The molecule has 1 fully saturated rings. The smallest absolute Gasteiger partial charge is 0.337 e. The first kappa shape index (κ1) is 17.3. The van der Waals surface area contributed by atoms with Gasteiger partial charge in [0, 0.05) is 6.42 Å². The van der Waals surface area contributed by atoms with Crippen LogP contribution in [0.15, 0.2) is 48.5 Å². The molecule has 2 aromatic rings. The Balaban J connectivity index is 1.57. The van der Waals surface area contributed by atoms with Crippen molar-refractivity contribution in [1.29, 1.82) is 0 Å². The van der Waals surface area contributed by atoms with Crippen molar-refractivity contribution in [2.24, 2.45) is 0 Å². The van der Waals surface area contributed by atoms with Gasteiger partial charge in [-0.25, -0.2) is 9.59 Å². The zero-order valence-corrected chi connectivity index (χ0v) is 15.0. The molecule has 2 aromatic carbocycles. The van der Waals surface area contributed by atoms with Crippen LogP contribution in [-0.4, -0.2) is 35.5 Å². The van der Waals surface area contributed by atoms with Gasteiger partial charge in [-0.15, -0.1) is 0 Å². The molecule has 0 saturated carbocycles. The maximum absolute atomic E-state index is 13.1. The number of urea groups is 1. The molecule has 2 aliphatic rings. The zero-order valence-electron chi connectivity index (χ0n) is 15.0. The average Bonchev–Trinajstić information content (AvgIpc) is 2.91. The van der Waals surface area contributed by atoms with Gasteiger partial charge in [0.25, 0.3) is 5.91 Å². The molecule has 1 unspecified atom stereocenters. The van der Waals surface area contributed by atoms with Crippen LogP contribution >= 0.6 is 0 Å². The van der Waals surface area contributed by atoms with E-state index in [0.717, 1.165) is 12.0 Å². The van der Waals surface area contributed by atoms with Crippen LogP contribution in [-0.2, 0) is 28.9 Å². The normalized spacial score (nSPS) is 21.1. The van der Waals surface area contributed by atoms with E-state index >= 15 is 0 Å². The number of methoxy groups -OCH3 is 1. The van der Waals surface area contributed by atoms with Crippen molar-refractivity contribution < 1.29 is 19.1 Å². The molecule has 3 amide bonds. The number of hydrogen-bond donors (Lipinski definition) is 1. The van der Waals surface area contributed by atoms with Crippen molar-refractivity contribution in [3.05, 3.63) is 70.8 Å². The van der Waals surface area contributed by atoms with E-state index in [9.17, 15) is 14.4 Å². The number of fused-ring (bicyclic) bond motifs is 1. The second-order valence-electron chi connectivity index (χ2n) is 7.04. The number of carbonyl (C=O) groups excluding carboxylic acids is 3. The topological polar surface area (TPSA) is 75.7 Å². The molecular weight excluding hydrogens is 344 g/mol. The third-order valence-corrected chi connectivity index (χ3v) is 5.37. The van der Waals surface area contributed by atoms with Gasteiger partial charge in [-0.05, 0) is 41.7 Å². The lowest BCUT2D eigenvalue weighted by Gasteiger charge is -2.32. The van der Waals surface area contributed by atoms with Crippen LogP contribution in [0.5, 0.6) is 0 Å². The minimum absolute atomic E-state index is 0.124. The fraction of sp³-hybridized carbons (Fsp3) is 0.286. The molecule has 0 aromatic heterocycles. The van der Waals surface area contributed by atoms with Gasteiger partial charge in [0.2, 0.25) is 0 Å². The molecule has 1 aliphatic carbocycles. The minimum atomic E-state index is -0.870. The highest BCUT2D eigenvalue weighted by Crippen LogP contribution is 2.34. The summed E-state index contributed by atoms with van der Waals surface area (Å²) in [6.07, 6.45) is 1.85. The molecule has 6 heteroatoms. The molecule has 1 saturated heterocycles. The summed E-state index contributed by atoms with van der Waals surface area (Å²) in [4.78, 5) is 38.6. The zero-order chi connectivity index (χ0) is 19.0.